The van der Waals surface area contributed by atoms with Crippen LogP contribution in [-0.4, -0.2) is 59.9 Å². The Balaban J connectivity index is 1.07. The summed E-state index contributed by atoms with van der Waals surface area (Å²) in [5, 5.41) is 0. The van der Waals surface area contributed by atoms with E-state index in [-0.39, 0.29) is 11.3 Å². The molecule has 5 heteroatoms. The molecule has 166 valence electrons. The number of carbonyl (C=O) groups excluding carboxylic acids is 1. The van der Waals surface area contributed by atoms with Gasteiger partial charge in [-0.2, -0.15) is 0 Å². The zero-order valence-electron chi connectivity index (χ0n) is 18.8. The van der Waals surface area contributed by atoms with Crippen molar-refractivity contribution >= 4 is 5.91 Å². The van der Waals surface area contributed by atoms with Crippen LogP contribution in [-0.2, 0) is 24.3 Å². The molecular weight excluding hydrogens is 386 g/mol. The molecule has 1 atom stereocenters. The van der Waals surface area contributed by atoms with Crippen molar-refractivity contribution in [1.29, 1.82) is 0 Å². The molecule has 1 saturated carbocycles. The van der Waals surface area contributed by atoms with Crippen molar-refractivity contribution in [3.8, 4) is 0 Å². The molecule has 3 heterocycles. The normalized spacial score (nSPS) is 23.9. The first-order valence-corrected chi connectivity index (χ1v) is 12.0. The number of piperazine rings is 1. The number of nitrogens with zero attached hydrogens (tertiary/aromatic N) is 3. The van der Waals surface area contributed by atoms with Crippen molar-refractivity contribution in [2.75, 3.05) is 39.3 Å². The molecule has 0 unspecified atom stereocenters. The molecule has 31 heavy (non-hydrogen) atoms. The molecule has 0 radical (unpaired) electrons. The molecule has 5 nitrogen and oxygen atoms in total. The minimum absolute atomic E-state index is 0.269. The Morgan fingerprint density at radius 2 is 1.58 bits per heavy atom. The van der Waals surface area contributed by atoms with Crippen molar-refractivity contribution in [3.63, 3.8) is 0 Å². The van der Waals surface area contributed by atoms with Gasteiger partial charge in [-0.05, 0) is 55.5 Å². The van der Waals surface area contributed by atoms with Crippen molar-refractivity contribution in [1.82, 2.24) is 14.7 Å². The maximum Gasteiger partial charge on any atom is 0.226 e. The van der Waals surface area contributed by atoms with Gasteiger partial charge in [-0.25, -0.2) is 0 Å². The molecule has 1 aliphatic carbocycles. The standard InChI is InChI=1S/C26H35N3O2/c1-2-22-8-9-23(31-22)20-27-12-10-26(11-13-27)18-24(26)25(30)29-16-14-28(15-17-29)19-21-6-4-3-5-7-21/h3-9,24H,2,10-20H2,1H3/t24-/m1/s1. The molecule has 0 N–H and O–H groups in total. The molecule has 3 fully saturated rings. The fourth-order valence-electron chi connectivity index (χ4n) is 5.51. The minimum atomic E-state index is 0.269. The zero-order valence-corrected chi connectivity index (χ0v) is 18.8. The van der Waals surface area contributed by atoms with E-state index in [0.29, 0.717) is 5.91 Å². The second-order valence-electron chi connectivity index (χ2n) is 9.70. The third-order valence-corrected chi connectivity index (χ3v) is 7.72. The Labute approximate surface area is 186 Å². The number of benzene rings is 1. The van der Waals surface area contributed by atoms with E-state index in [4.69, 9.17) is 4.42 Å². The van der Waals surface area contributed by atoms with E-state index in [0.717, 1.165) is 89.6 Å². The van der Waals surface area contributed by atoms with Crippen LogP contribution in [0.25, 0.3) is 0 Å². The predicted molar refractivity (Wildman–Crippen MR) is 121 cm³/mol. The van der Waals surface area contributed by atoms with Gasteiger partial charge in [0.05, 0.1) is 6.54 Å². The Morgan fingerprint density at radius 1 is 0.903 bits per heavy atom. The summed E-state index contributed by atoms with van der Waals surface area (Å²) in [4.78, 5) is 20.3. The average Bonchev–Trinajstić information content (AvgIpc) is 3.31. The Hall–Kier alpha value is -2.11. The van der Waals surface area contributed by atoms with E-state index in [2.05, 4.69) is 64.1 Å². The third kappa shape index (κ3) is 4.58. The lowest BCUT2D eigenvalue weighted by Crippen LogP contribution is -2.49. The van der Waals surface area contributed by atoms with Crippen LogP contribution in [0.4, 0.5) is 0 Å². The lowest BCUT2D eigenvalue weighted by atomic mass is 9.90. The molecule has 2 aromatic rings. The first kappa shape index (κ1) is 20.8. The summed E-state index contributed by atoms with van der Waals surface area (Å²) in [5.74, 6) is 2.84. The maximum atomic E-state index is 13.2. The number of amides is 1. The lowest BCUT2D eigenvalue weighted by molar-refractivity contribution is -0.135. The van der Waals surface area contributed by atoms with Gasteiger partial charge in [0, 0.05) is 45.1 Å². The Bertz CT molecular complexity index is 877. The fourth-order valence-corrected chi connectivity index (χ4v) is 5.51. The minimum Gasteiger partial charge on any atom is -0.465 e. The number of likely N-dealkylation sites (tertiary alicyclic amines) is 1. The summed E-state index contributed by atoms with van der Waals surface area (Å²) < 4.78 is 5.88. The molecule has 0 bridgehead atoms. The van der Waals surface area contributed by atoms with Gasteiger partial charge < -0.3 is 9.32 Å². The topological polar surface area (TPSA) is 39.9 Å². The zero-order chi connectivity index (χ0) is 21.3. The van der Waals surface area contributed by atoms with E-state index in [1.807, 2.05) is 0 Å². The van der Waals surface area contributed by atoms with Crippen LogP contribution in [0.15, 0.2) is 46.9 Å². The monoisotopic (exact) mass is 421 g/mol. The smallest absolute Gasteiger partial charge is 0.226 e. The molecular formula is C26H35N3O2. The second kappa shape index (κ2) is 8.79. The number of carbonyl (C=O) groups is 1. The van der Waals surface area contributed by atoms with E-state index < -0.39 is 0 Å². The van der Waals surface area contributed by atoms with Gasteiger partial charge in [0.1, 0.15) is 11.5 Å². The van der Waals surface area contributed by atoms with E-state index in [9.17, 15) is 4.79 Å². The van der Waals surface area contributed by atoms with Crippen LogP contribution in [0.1, 0.15) is 43.3 Å². The van der Waals surface area contributed by atoms with Crippen LogP contribution < -0.4 is 0 Å². The highest BCUT2D eigenvalue weighted by Gasteiger charge is 2.59. The molecule has 3 aliphatic rings. The summed E-state index contributed by atoms with van der Waals surface area (Å²) in [6.07, 6.45) is 4.36. The van der Waals surface area contributed by atoms with Crippen LogP contribution in [0.5, 0.6) is 0 Å². The van der Waals surface area contributed by atoms with Crippen molar-refractivity contribution in [2.45, 2.75) is 45.7 Å². The van der Waals surface area contributed by atoms with E-state index >= 15 is 0 Å². The van der Waals surface area contributed by atoms with Gasteiger partial charge in [0.25, 0.3) is 0 Å². The number of hydrogen-bond donors (Lipinski definition) is 0. The summed E-state index contributed by atoms with van der Waals surface area (Å²) in [7, 11) is 0. The quantitative estimate of drug-likeness (QED) is 0.712. The van der Waals surface area contributed by atoms with Gasteiger partial charge in [-0.3, -0.25) is 14.6 Å². The average molecular weight is 422 g/mol. The van der Waals surface area contributed by atoms with Gasteiger partial charge >= 0.3 is 0 Å². The van der Waals surface area contributed by atoms with E-state index in [1.54, 1.807) is 0 Å². The number of rotatable bonds is 6. The van der Waals surface area contributed by atoms with Gasteiger partial charge in [-0.1, -0.05) is 37.3 Å². The first-order chi connectivity index (χ1) is 15.1. The van der Waals surface area contributed by atoms with Gasteiger partial charge in [0.15, 0.2) is 0 Å². The lowest BCUT2D eigenvalue weighted by Gasteiger charge is -2.36. The van der Waals surface area contributed by atoms with Gasteiger partial charge in [0.2, 0.25) is 5.91 Å². The third-order valence-electron chi connectivity index (χ3n) is 7.72. The van der Waals surface area contributed by atoms with Gasteiger partial charge in [-0.15, -0.1) is 0 Å². The highest BCUT2D eigenvalue weighted by Crippen LogP contribution is 2.60. The summed E-state index contributed by atoms with van der Waals surface area (Å²) in [6, 6.07) is 14.8. The molecule has 2 aliphatic heterocycles. The summed E-state index contributed by atoms with van der Waals surface area (Å²) in [6.45, 7) is 9.90. The Morgan fingerprint density at radius 3 is 2.26 bits per heavy atom. The van der Waals surface area contributed by atoms with Crippen LogP contribution in [0.3, 0.4) is 0 Å². The van der Waals surface area contributed by atoms with Crippen LogP contribution in [0, 0.1) is 11.3 Å². The summed E-state index contributed by atoms with van der Waals surface area (Å²) in [5.41, 5.74) is 1.64. The predicted octanol–water partition coefficient (Wildman–Crippen LogP) is 3.79. The largest absolute Gasteiger partial charge is 0.465 e. The fraction of sp³-hybridized carbons (Fsp3) is 0.577. The SMILES string of the molecule is CCc1ccc(CN2CCC3(CC2)C[C@@H]3C(=O)N2CCN(Cc3ccccc3)CC2)o1. The maximum absolute atomic E-state index is 13.2. The van der Waals surface area contributed by atoms with Crippen molar-refractivity contribution in [3.05, 3.63) is 59.5 Å². The molecule has 2 saturated heterocycles. The first-order valence-electron chi connectivity index (χ1n) is 12.0. The molecule has 1 amide bonds. The highest BCUT2D eigenvalue weighted by molar-refractivity contribution is 5.83. The second-order valence-corrected chi connectivity index (χ2v) is 9.70. The number of piperidine rings is 1. The molecule has 1 aromatic heterocycles. The summed E-state index contributed by atoms with van der Waals surface area (Å²) >= 11 is 0. The van der Waals surface area contributed by atoms with Crippen LogP contribution >= 0.6 is 0 Å². The number of furan rings is 1. The highest BCUT2D eigenvalue weighted by atomic mass is 16.3. The van der Waals surface area contributed by atoms with Crippen molar-refractivity contribution < 1.29 is 9.21 Å². The molecule has 1 spiro atoms. The Kier molecular flexibility index (Phi) is 5.89. The number of aryl methyl sites for hydroxylation is 1. The van der Waals surface area contributed by atoms with E-state index in [1.165, 1.54) is 5.56 Å². The van der Waals surface area contributed by atoms with Crippen LogP contribution in [0.2, 0.25) is 0 Å². The number of hydrogen-bond acceptors (Lipinski definition) is 4. The molecule has 5 rings (SSSR count). The van der Waals surface area contributed by atoms with Crippen molar-refractivity contribution in [2.24, 2.45) is 11.3 Å². The molecule has 1 aromatic carbocycles.